The normalized spacial score (nSPS) is 10.6. The minimum absolute atomic E-state index is 0.172. The Morgan fingerprint density at radius 3 is 2.41 bits per heavy atom. The Bertz CT molecular complexity index is 706. The van der Waals surface area contributed by atoms with Crippen LogP contribution in [0.2, 0.25) is 0 Å². The van der Waals surface area contributed by atoms with Crippen LogP contribution in [0, 0.1) is 0 Å². The topological polar surface area (TPSA) is 92.4 Å². The van der Waals surface area contributed by atoms with E-state index in [-0.39, 0.29) is 11.5 Å². The molecule has 0 aromatic heterocycles. The number of rotatable bonds is 5. The van der Waals surface area contributed by atoms with Gasteiger partial charge in [0, 0.05) is 18.3 Å². The van der Waals surface area contributed by atoms with Crippen LogP contribution in [0.1, 0.15) is 21.5 Å². The van der Waals surface area contributed by atoms with E-state index >= 15 is 0 Å². The third kappa shape index (κ3) is 4.04. The van der Waals surface area contributed by atoms with Crippen molar-refractivity contribution in [3.8, 4) is 0 Å². The van der Waals surface area contributed by atoms with Crippen LogP contribution < -0.4 is 11.1 Å². The van der Waals surface area contributed by atoms with Gasteiger partial charge in [0.1, 0.15) is 0 Å². The van der Waals surface area contributed by atoms with Gasteiger partial charge < -0.3 is 16.2 Å². The van der Waals surface area contributed by atoms with E-state index in [1.807, 2.05) is 24.3 Å². The molecule has 4 N–H and O–H groups in total. The van der Waals surface area contributed by atoms with Gasteiger partial charge in [0.15, 0.2) is 0 Å². The van der Waals surface area contributed by atoms with E-state index in [2.05, 4.69) is 5.32 Å². The Balaban J connectivity index is 2.03. The third-order valence-electron chi connectivity index (χ3n) is 3.09. The molecule has 0 bridgehead atoms. The number of benzene rings is 2. The van der Waals surface area contributed by atoms with E-state index in [9.17, 15) is 9.59 Å². The van der Waals surface area contributed by atoms with Crippen LogP contribution in [-0.2, 0) is 11.3 Å². The molecule has 1 amide bonds. The fourth-order valence-electron chi connectivity index (χ4n) is 1.93. The second kappa shape index (κ2) is 7.19. The molecule has 0 atom stereocenters. The van der Waals surface area contributed by atoms with Crippen LogP contribution in [0.25, 0.3) is 6.08 Å². The maximum Gasteiger partial charge on any atom is 0.335 e. The van der Waals surface area contributed by atoms with Gasteiger partial charge in [-0.15, -0.1) is 0 Å². The number of carbonyl (C=O) groups excluding carboxylic acids is 1. The maximum absolute atomic E-state index is 11.9. The molecule has 0 heterocycles. The first-order valence-corrected chi connectivity index (χ1v) is 6.70. The van der Waals surface area contributed by atoms with Crippen molar-refractivity contribution in [1.29, 1.82) is 0 Å². The number of carboxylic acid groups (broad SMARTS) is 1. The second-order valence-corrected chi connectivity index (χ2v) is 4.61. The van der Waals surface area contributed by atoms with E-state index < -0.39 is 5.97 Å². The summed E-state index contributed by atoms with van der Waals surface area (Å²) >= 11 is 0. The quantitative estimate of drug-likeness (QED) is 0.739. The number of carboxylic acids is 1. The van der Waals surface area contributed by atoms with Crippen LogP contribution in [0.5, 0.6) is 0 Å². The van der Waals surface area contributed by atoms with Crippen LogP contribution in [0.4, 0.5) is 5.69 Å². The van der Waals surface area contributed by atoms with Crippen molar-refractivity contribution < 1.29 is 14.7 Å². The highest BCUT2D eigenvalue weighted by Gasteiger charge is 2.03. The predicted molar refractivity (Wildman–Crippen MR) is 85.4 cm³/mol. The smallest absolute Gasteiger partial charge is 0.335 e. The summed E-state index contributed by atoms with van der Waals surface area (Å²) in [6, 6.07) is 13.5. The lowest BCUT2D eigenvalue weighted by atomic mass is 10.1. The number of hydrogen-bond donors (Lipinski definition) is 3. The van der Waals surface area contributed by atoms with Crippen LogP contribution in [-0.4, -0.2) is 17.0 Å². The monoisotopic (exact) mass is 296 g/mol. The van der Waals surface area contributed by atoms with Crippen LogP contribution in [0.15, 0.2) is 54.6 Å². The van der Waals surface area contributed by atoms with Gasteiger partial charge >= 0.3 is 5.97 Å². The molecule has 2 aromatic rings. The summed E-state index contributed by atoms with van der Waals surface area (Å²) in [4.78, 5) is 22.6. The summed E-state index contributed by atoms with van der Waals surface area (Å²) in [6.07, 6.45) is 3.11. The molecule has 5 nitrogen and oxygen atoms in total. The van der Waals surface area contributed by atoms with Crippen molar-refractivity contribution in [3.05, 3.63) is 71.3 Å². The fourth-order valence-corrected chi connectivity index (χ4v) is 1.93. The Labute approximate surface area is 128 Å². The van der Waals surface area contributed by atoms with Crippen molar-refractivity contribution >= 4 is 23.6 Å². The summed E-state index contributed by atoms with van der Waals surface area (Å²) in [5.74, 6) is -1.30. The number of aromatic carboxylic acids is 1. The van der Waals surface area contributed by atoms with E-state index in [1.54, 1.807) is 18.2 Å². The first kappa shape index (κ1) is 15.5. The summed E-state index contributed by atoms with van der Waals surface area (Å²) in [5.41, 5.74) is 8.19. The number of hydrogen-bond acceptors (Lipinski definition) is 3. The second-order valence-electron chi connectivity index (χ2n) is 4.61. The molecule has 5 heteroatoms. The summed E-state index contributed by atoms with van der Waals surface area (Å²) in [6.45, 7) is 0.402. The van der Waals surface area contributed by atoms with E-state index in [0.717, 1.165) is 11.1 Å². The van der Waals surface area contributed by atoms with E-state index in [0.29, 0.717) is 12.2 Å². The Morgan fingerprint density at radius 2 is 1.77 bits per heavy atom. The summed E-state index contributed by atoms with van der Waals surface area (Å²) < 4.78 is 0. The minimum Gasteiger partial charge on any atom is -0.478 e. The molecule has 2 aromatic carbocycles. The molecule has 0 spiro atoms. The number of nitrogens with two attached hydrogens (primary N) is 1. The number of carbonyl (C=O) groups is 2. The predicted octanol–water partition coefficient (Wildman–Crippen LogP) is 2.50. The molecular formula is C17H16N2O3. The van der Waals surface area contributed by atoms with Crippen LogP contribution >= 0.6 is 0 Å². The SMILES string of the molecule is NCc1ccccc1C=CC(=O)Nc1ccc(C(=O)O)cc1. The van der Waals surface area contributed by atoms with Gasteiger partial charge in [0.2, 0.25) is 5.91 Å². The lowest BCUT2D eigenvalue weighted by Gasteiger charge is -2.04. The standard InChI is InChI=1S/C17H16N2O3/c18-11-14-4-2-1-3-12(14)7-10-16(20)19-15-8-5-13(6-9-15)17(21)22/h1-10H,11,18H2,(H,19,20)(H,21,22). The van der Waals surface area contributed by atoms with Gasteiger partial charge in [-0.25, -0.2) is 4.79 Å². The van der Waals surface area contributed by atoms with Crippen molar-refractivity contribution in [2.75, 3.05) is 5.32 Å². The van der Waals surface area contributed by atoms with Crippen molar-refractivity contribution in [2.24, 2.45) is 5.73 Å². The highest BCUT2D eigenvalue weighted by Crippen LogP contribution is 2.12. The molecule has 112 valence electrons. The number of anilines is 1. The zero-order chi connectivity index (χ0) is 15.9. The Morgan fingerprint density at radius 1 is 1.09 bits per heavy atom. The van der Waals surface area contributed by atoms with Crippen molar-refractivity contribution in [3.63, 3.8) is 0 Å². The van der Waals surface area contributed by atoms with E-state index in [1.165, 1.54) is 18.2 Å². The van der Waals surface area contributed by atoms with Crippen molar-refractivity contribution in [1.82, 2.24) is 0 Å². The molecule has 0 aliphatic rings. The number of nitrogens with one attached hydrogen (secondary N) is 1. The van der Waals surface area contributed by atoms with Crippen molar-refractivity contribution in [2.45, 2.75) is 6.54 Å². The molecule has 0 aliphatic carbocycles. The van der Waals surface area contributed by atoms with Crippen LogP contribution in [0.3, 0.4) is 0 Å². The molecule has 0 radical (unpaired) electrons. The average Bonchev–Trinajstić information content (AvgIpc) is 2.53. The van der Waals surface area contributed by atoms with Gasteiger partial charge in [0.05, 0.1) is 5.56 Å². The minimum atomic E-state index is -1.00. The molecular weight excluding hydrogens is 280 g/mol. The molecule has 0 aliphatic heterocycles. The third-order valence-corrected chi connectivity index (χ3v) is 3.09. The molecule has 2 rings (SSSR count). The molecule has 22 heavy (non-hydrogen) atoms. The van der Waals surface area contributed by atoms with Gasteiger partial charge in [-0.1, -0.05) is 24.3 Å². The van der Waals surface area contributed by atoms with Gasteiger partial charge in [-0.05, 0) is 41.5 Å². The zero-order valence-electron chi connectivity index (χ0n) is 11.8. The summed E-state index contributed by atoms with van der Waals surface area (Å²) in [5, 5.41) is 11.5. The largest absolute Gasteiger partial charge is 0.478 e. The van der Waals surface area contributed by atoms with Gasteiger partial charge in [-0.3, -0.25) is 4.79 Å². The van der Waals surface area contributed by atoms with Gasteiger partial charge in [-0.2, -0.15) is 0 Å². The number of amides is 1. The lowest BCUT2D eigenvalue weighted by molar-refractivity contribution is -0.111. The zero-order valence-corrected chi connectivity index (χ0v) is 11.8. The Hall–Kier alpha value is -2.92. The molecule has 0 saturated carbocycles. The average molecular weight is 296 g/mol. The molecule has 0 fully saturated rings. The lowest BCUT2D eigenvalue weighted by Crippen LogP contribution is -2.08. The fraction of sp³-hybridized carbons (Fsp3) is 0.0588. The molecule has 0 saturated heterocycles. The highest BCUT2D eigenvalue weighted by atomic mass is 16.4. The molecule has 0 unspecified atom stereocenters. The first-order chi connectivity index (χ1) is 10.6. The van der Waals surface area contributed by atoms with E-state index in [4.69, 9.17) is 10.8 Å². The first-order valence-electron chi connectivity index (χ1n) is 6.70. The Kier molecular flexibility index (Phi) is 5.06. The summed E-state index contributed by atoms with van der Waals surface area (Å²) in [7, 11) is 0. The maximum atomic E-state index is 11.9. The van der Waals surface area contributed by atoms with Gasteiger partial charge in [0.25, 0.3) is 0 Å². The highest BCUT2D eigenvalue weighted by molar-refractivity contribution is 6.02.